The van der Waals surface area contributed by atoms with Gasteiger partial charge in [-0.3, -0.25) is 4.90 Å². The molecule has 1 atom stereocenters. The Morgan fingerprint density at radius 1 is 1.21 bits per heavy atom. The summed E-state index contributed by atoms with van der Waals surface area (Å²) in [5.41, 5.74) is 4.44. The number of likely N-dealkylation sites (tertiary alicyclic amines) is 1. The summed E-state index contributed by atoms with van der Waals surface area (Å²) in [6.07, 6.45) is 9.20. The lowest BCUT2D eigenvalue weighted by atomic mass is 9.93. The van der Waals surface area contributed by atoms with Crippen LogP contribution < -0.4 is 5.32 Å². The van der Waals surface area contributed by atoms with E-state index in [1.54, 1.807) is 5.57 Å². The van der Waals surface area contributed by atoms with Crippen LogP contribution in [0.15, 0.2) is 53.9 Å². The van der Waals surface area contributed by atoms with Crippen LogP contribution >= 0.6 is 0 Å². The van der Waals surface area contributed by atoms with E-state index in [4.69, 9.17) is 0 Å². The van der Waals surface area contributed by atoms with Gasteiger partial charge in [-0.2, -0.15) is 0 Å². The molecule has 0 unspecified atom stereocenters. The van der Waals surface area contributed by atoms with Crippen LogP contribution in [0.2, 0.25) is 0 Å². The second kappa shape index (κ2) is 5.62. The first-order chi connectivity index (χ1) is 9.33. The summed E-state index contributed by atoms with van der Waals surface area (Å²) < 4.78 is 0. The van der Waals surface area contributed by atoms with Crippen molar-refractivity contribution in [2.24, 2.45) is 0 Å². The van der Waals surface area contributed by atoms with Crippen molar-refractivity contribution in [2.75, 3.05) is 13.6 Å². The van der Waals surface area contributed by atoms with Crippen molar-refractivity contribution in [1.29, 1.82) is 0 Å². The van der Waals surface area contributed by atoms with Gasteiger partial charge in [-0.25, -0.2) is 0 Å². The maximum Gasteiger partial charge on any atom is 0.0325 e. The SMILES string of the molecule is CN1CCC[C@H]1C1=CNC=C(Cc2ccccc2)C1. The lowest BCUT2D eigenvalue weighted by molar-refractivity contribution is 0.340. The van der Waals surface area contributed by atoms with Crippen molar-refractivity contribution in [3.8, 4) is 0 Å². The van der Waals surface area contributed by atoms with E-state index >= 15 is 0 Å². The summed E-state index contributed by atoms with van der Waals surface area (Å²) in [7, 11) is 2.24. The fourth-order valence-electron chi connectivity index (χ4n) is 3.20. The van der Waals surface area contributed by atoms with Gasteiger partial charge >= 0.3 is 0 Å². The Morgan fingerprint density at radius 3 is 2.79 bits per heavy atom. The topological polar surface area (TPSA) is 15.3 Å². The largest absolute Gasteiger partial charge is 0.368 e. The minimum absolute atomic E-state index is 0.645. The molecule has 0 bridgehead atoms. The molecule has 0 spiro atoms. The smallest absolute Gasteiger partial charge is 0.0325 e. The Labute approximate surface area is 115 Å². The molecule has 0 aliphatic carbocycles. The van der Waals surface area contributed by atoms with Crippen molar-refractivity contribution >= 4 is 0 Å². The first-order valence-corrected chi connectivity index (χ1v) is 7.20. The summed E-state index contributed by atoms with van der Waals surface area (Å²) in [6.45, 7) is 1.24. The van der Waals surface area contributed by atoms with E-state index in [2.05, 4.69) is 60.0 Å². The van der Waals surface area contributed by atoms with Gasteiger partial charge in [0.25, 0.3) is 0 Å². The second-order valence-electron chi connectivity index (χ2n) is 5.67. The van der Waals surface area contributed by atoms with Gasteiger partial charge in [0, 0.05) is 18.4 Å². The molecule has 0 saturated carbocycles. The van der Waals surface area contributed by atoms with E-state index in [-0.39, 0.29) is 0 Å². The van der Waals surface area contributed by atoms with Crippen molar-refractivity contribution in [1.82, 2.24) is 10.2 Å². The quantitative estimate of drug-likeness (QED) is 0.891. The number of nitrogens with zero attached hydrogens (tertiary/aromatic N) is 1. The third-order valence-corrected chi connectivity index (χ3v) is 4.21. The van der Waals surface area contributed by atoms with E-state index in [0.717, 1.165) is 12.8 Å². The summed E-state index contributed by atoms with van der Waals surface area (Å²) in [4.78, 5) is 2.49. The van der Waals surface area contributed by atoms with Gasteiger partial charge in [0.15, 0.2) is 0 Å². The molecule has 1 N–H and O–H groups in total. The molecule has 100 valence electrons. The molecule has 0 radical (unpaired) electrons. The Balaban J connectivity index is 1.65. The number of hydrogen-bond acceptors (Lipinski definition) is 2. The van der Waals surface area contributed by atoms with Crippen LogP contribution in [0, 0.1) is 0 Å². The van der Waals surface area contributed by atoms with Crippen molar-refractivity contribution < 1.29 is 0 Å². The molecule has 1 fully saturated rings. The van der Waals surface area contributed by atoms with Crippen LogP contribution in [-0.4, -0.2) is 24.5 Å². The molecular formula is C17H22N2. The Morgan fingerprint density at radius 2 is 2.05 bits per heavy atom. The lowest BCUT2D eigenvalue weighted by Crippen LogP contribution is -2.29. The maximum absolute atomic E-state index is 3.35. The zero-order chi connectivity index (χ0) is 13.1. The predicted molar refractivity (Wildman–Crippen MR) is 79.7 cm³/mol. The molecule has 1 aromatic rings. The molecule has 2 aliphatic heterocycles. The Bertz CT molecular complexity index is 487. The van der Waals surface area contributed by atoms with Gasteiger partial charge < -0.3 is 5.32 Å². The molecule has 0 amide bonds. The minimum atomic E-state index is 0.645. The number of benzene rings is 1. The Hall–Kier alpha value is -1.54. The van der Waals surface area contributed by atoms with Gasteiger partial charge in [0.05, 0.1) is 0 Å². The number of nitrogens with one attached hydrogen (secondary N) is 1. The van der Waals surface area contributed by atoms with E-state index in [9.17, 15) is 0 Å². The highest BCUT2D eigenvalue weighted by Crippen LogP contribution is 2.28. The van der Waals surface area contributed by atoms with Crippen LogP contribution in [0.5, 0.6) is 0 Å². The number of dihydropyridines is 1. The first kappa shape index (κ1) is 12.5. The van der Waals surface area contributed by atoms with Crippen molar-refractivity contribution in [3.63, 3.8) is 0 Å². The molecule has 2 nitrogen and oxygen atoms in total. The maximum atomic E-state index is 3.35. The standard InChI is InChI=1S/C17H22N2/c1-19-9-5-8-17(19)16-11-15(12-18-13-16)10-14-6-3-2-4-7-14/h2-4,6-7,12-13,17-18H,5,8-11H2,1H3/t17-/m0/s1. The molecule has 2 aliphatic rings. The van der Waals surface area contributed by atoms with Crippen LogP contribution in [0.4, 0.5) is 0 Å². The average Bonchev–Trinajstić information content (AvgIpc) is 2.86. The molecular weight excluding hydrogens is 232 g/mol. The Kier molecular flexibility index (Phi) is 3.69. The van der Waals surface area contributed by atoms with Gasteiger partial charge in [-0.1, -0.05) is 30.3 Å². The predicted octanol–water partition coefficient (Wildman–Crippen LogP) is 3.08. The fraction of sp³-hybridized carbons (Fsp3) is 0.412. The number of allylic oxidation sites excluding steroid dienone is 1. The minimum Gasteiger partial charge on any atom is -0.368 e. The summed E-state index contributed by atoms with van der Waals surface area (Å²) in [6, 6.07) is 11.4. The molecule has 2 heterocycles. The molecule has 2 heteroatoms. The van der Waals surface area contributed by atoms with E-state index in [0.29, 0.717) is 6.04 Å². The molecule has 19 heavy (non-hydrogen) atoms. The summed E-state index contributed by atoms with van der Waals surface area (Å²) >= 11 is 0. The first-order valence-electron chi connectivity index (χ1n) is 7.20. The normalized spacial score (nSPS) is 23.7. The number of hydrogen-bond donors (Lipinski definition) is 1. The third-order valence-electron chi connectivity index (χ3n) is 4.21. The van der Waals surface area contributed by atoms with E-state index in [1.165, 1.54) is 30.5 Å². The van der Waals surface area contributed by atoms with Crippen LogP contribution in [-0.2, 0) is 6.42 Å². The summed E-state index contributed by atoms with van der Waals surface area (Å²) in [5, 5.41) is 3.35. The average molecular weight is 254 g/mol. The van der Waals surface area contributed by atoms with Crippen molar-refractivity contribution in [3.05, 3.63) is 59.4 Å². The highest BCUT2D eigenvalue weighted by Gasteiger charge is 2.25. The fourth-order valence-corrected chi connectivity index (χ4v) is 3.20. The molecule has 1 aromatic carbocycles. The molecule has 3 rings (SSSR count). The zero-order valence-electron chi connectivity index (χ0n) is 11.6. The van der Waals surface area contributed by atoms with Gasteiger partial charge in [-0.05, 0) is 56.0 Å². The monoisotopic (exact) mass is 254 g/mol. The third kappa shape index (κ3) is 2.90. The van der Waals surface area contributed by atoms with Crippen LogP contribution in [0.1, 0.15) is 24.8 Å². The zero-order valence-corrected chi connectivity index (χ0v) is 11.6. The lowest BCUT2D eigenvalue weighted by Gasteiger charge is -2.26. The molecule has 1 saturated heterocycles. The van der Waals surface area contributed by atoms with Gasteiger partial charge in [0.1, 0.15) is 0 Å². The second-order valence-corrected chi connectivity index (χ2v) is 5.67. The van der Waals surface area contributed by atoms with E-state index in [1.807, 2.05) is 0 Å². The highest BCUT2D eigenvalue weighted by molar-refractivity contribution is 5.30. The van der Waals surface area contributed by atoms with Gasteiger partial charge in [0.2, 0.25) is 0 Å². The van der Waals surface area contributed by atoms with Gasteiger partial charge in [-0.15, -0.1) is 0 Å². The van der Waals surface area contributed by atoms with Crippen molar-refractivity contribution in [2.45, 2.75) is 31.7 Å². The molecule has 0 aromatic heterocycles. The number of likely N-dealkylation sites (N-methyl/N-ethyl adjacent to an activating group) is 1. The van der Waals surface area contributed by atoms with Crippen LogP contribution in [0.3, 0.4) is 0 Å². The van der Waals surface area contributed by atoms with E-state index < -0.39 is 0 Å². The van der Waals surface area contributed by atoms with Crippen LogP contribution in [0.25, 0.3) is 0 Å². The number of rotatable bonds is 3. The summed E-state index contributed by atoms with van der Waals surface area (Å²) in [5.74, 6) is 0. The highest BCUT2D eigenvalue weighted by atomic mass is 15.1.